The lowest BCUT2D eigenvalue weighted by Gasteiger charge is -2.27. The van der Waals surface area contributed by atoms with Gasteiger partial charge in [0.2, 0.25) is 0 Å². The molecule has 5 heteroatoms. The van der Waals surface area contributed by atoms with Crippen LogP contribution in [0.2, 0.25) is 0 Å². The topological polar surface area (TPSA) is 72.8 Å². The molecular weight excluding hydrogens is 272 g/mol. The molecule has 112 valence electrons. The molecule has 0 atom stereocenters. The van der Waals surface area contributed by atoms with E-state index in [4.69, 9.17) is 14.6 Å². The van der Waals surface area contributed by atoms with Gasteiger partial charge in [-0.3, -0.25) is 0 Å². The quantitative estimate of drug-likeness (QED) is 0.666. The van der Waals surface area contributed by atoms with Crippen molar-refractivity contribution < 1.29 is 24.2 Å². The summed E-state index contributed by atoms with van der Waals surface area (Å²) in [5.41, 5.74) is 0.512. The predicted molar refractivity (Wildman–Crippen MR) is 76.1 cm³/mol. The van der Waals surface area contributed by atoms with Gasteiger partial charge in [-0.15, -0.1) is 0 Å². The van der Waals surface area contributed by atoms with Crippen LogP contribution in [0, 0.1) is 0 Å². The molecule has 0 aromatic heterocycles. The van der Waals surface area contributed by atoms with E-state index in [1.807, 2.05) is 0 Å². The van der Waals surface area contributed by atoms with Crippen LogP contribution in [0.1, 0.15) is 46.4 Å². The second-order valence-corrected chi connectivity index (χ2v) is 4.99. The van der Waals surface area contributed by atoms with E-state index in [2.05, 4.69) is 6.58 Å². The average Bonchev–Trinajstić information content (AvgIpc) is 2.49. The molecule has 0 bridgehead atoms. The van der Waals surface area contributed by atoms with Gasteiger partial charge in [-0.1, -0.05) is 6.58 Å². The van der Waals surface area contributed by atoms with Crippen molar-refractivity contribution in [3.63, 3.8) is 0 Å². The van der Waals surface area contributed by atoms with Crippen LogP contribution in [0.4, 0.5) is 0 Å². The molecule has 0 unspecified atom stereocenters. The lowest BCUT2D eigenvalue weighted by atomic mass is 9.95. The molecule has 1 aromatic carbocycles. The van der Waals surface area contributed by atoms with Crippen LogP contribution in [0.5, 0.6) is 0 Å². The molecular formula is C16H18O5. The molecule has 5 nitrogen and oxygen atoms in total. The zero-order valence-corrected chi connectivity index (χ0v) is 11.7. The maximum absolute atomic E-state index is 12.0. The van der Waals surface area contributed by atoms with E-state index in [0.717, 1.165) is 25.7 Å². The van der Waals surface area contributed by atoms with E-state index in [1.54, 1.807) is 0 Å². The number of esters is 1. The highest BCUT2D eigenvalue weighted by Gasteiger charge is 2.24. The first-order chi connectivity index (χ1) is 10.1. The van der Waals surface area contributed by atoms with Gasteiger partial charge < -0.3 is 14.6 Å². The maximum atomic E-state index is 12.0. The molecule has 1 N–H and O–H groups in total. The van der Waals surface area contributed by atoms with Crippen LogP contribution in [0.15, 0.2) is 37.1 Å². The molecule has 0 spiro atoms. The van der Waals surface area contributed by atoms with Crippen LogP contribution in [0.3, 0.4) is 0 Å². The zero-order valence-electron chi connectivity index (χ0n) is 11.7. The summed E-state index contributed by atoms with van der Waals surface area (Å²) in [5, 5.41) is 8.81. The van der Waals surface area contributed by atoms with Crippen molar-refractivity contribution in [3.05, 3.63) is 48.2 Å². The number of hydrogen-bond acceptors (Lipinski definition) is 4. The number of ether oxygens (including phenoxy) is 2. The first-order valence-electron chi connectivity index (χ1n) is 6.91. The molecule has 0 amide bonds. The summed E-state index contributed by atoms with van der Waals surface area (Å²) in [6.45, 7) is 3.53. The van der Waals surface area contributed by atoms with Crippen LogP contribution in [0.25, 0.3) is 0 Å². The first-order valence-corrected chi connectivity index (χ1v) is 6.91. The number of carboxylic acid groups (broad SMARTS) is 1. The number of aromatic carboxylic acids is 1. The normalized spacial score (nSPS) is 21.3. The summed E-state index contributed by atoms with van der Waals surface area (Å²) in [4.78, 5) is 22.7. The third-order valence-corrected chi connectivity index (χ3v) is 3.55. The van der Waals surface area contributed by atoms with Gasteiger partial charge in [-0.25, -0.2) is 9.59 Å². The Hall–Kier alpha value is -2.30. The van der Waals surface area contributed by atoms with Crippen molar-refractivity contribution in [3.8, 4) is 0 Å². The van der Waals surface area contributed by atoms with Gasteiger partial charge in [0.05, 0.1) is 23.5 Å². The Bertz CT molecular complexity index is 512. The van der Waals surface area contributed by atoms with Crippen molar-refractivity contribution >= 4 is 11.9 Å². The van der Waals surface area contributed by atoms with Gasteiger partial charge in [0.1, 0.15) is 6.10 Å². The number of carbonyl (C=O) groups is 2. The molecule has 0 saturated heterocycles. The smallest absolute Gasteiger partial charge is 0.338 e. The highest BCUT2D eigenvalue weighted by molar-refractivity contribution is 5.92. The van der Waals surface area contributed by atoms with E-state index in [0.29, 0.717) is 5.56 Å². The fourth-order valence-electron chi connectivity index (χ4n) is 2.39. The molecule has 0 radical (unpaired) electrons. The fraction of sp³-hybridized carbons (Fsp3) is 0.375. The Morgan fingerprint density at radius 2 is 1.57 bits per heavy atom. The number of hydrogen-bond donors (Lipinski definition) is 1. The minimum atomic E-state index is -1.02. The van der Waals surface area contributed by atoms with E-state index in [9.17, 15) is 9.59 Å². The van der Waals surface area contributed by atoms with Crippen molar-refractivity contribution in [1.29, 1.82) is 0 Å². The van der Waals surface area contributed by atoms with Crippen LogP contribution < -0.4 is 0 Å². The number of benzene rings is 1. The molecule has 0 aliphatic heterocycles. The Balaban J connectivity index is 1.87. The average molecular weight is 290 g/mol. The van der Waals surface area contributed by atoms with E-state index < -0.39 is 11.9 Å². The molecule has 1 aliphatic rings. The van der Waals surface area contributed by atoms with Gasteiger partial charge in [0.25, 0.3) is 0 Å². The summed E-state index contributed by atoms with van der Waals surface area (Å²) in [5.74, 6) is -1.43. The molecule has 21 heavy (non-hydrogen) atoms. The standard InChI is InChI=1S/C16H18O5/c1-2-20-13-7-9-14(10-8-13)21-16(19)12-5-3-11(4-6-12)15(17)18/h2-6,13-14H,1,7-10H2,(H,17,18). The van der Waals surface area contributed by atoms with Crippen molar-refractivity contribution in [2.45, 2.75) is 37.9 Å². The minimum absolute atomic E-state index is 0.110. The van der Waals surface area contributed by atoms with Gasteiger partial charge >= 0.3 is 11.9 Å². The van der Waals surface area contributed by atoms with Crippen LogP contribution >= 0.6 is 0 Å². The minimum Gasteiger partial charge on any atom is -0.499 e. The summed E-state index contributed by atoms with van der Waals surface area (Å²) >= 11 is 0. The zero-order chi connectivity index (χ0) is 15.2. The summed E-state index contributed by atoms with van der Waals surface area (Å²) in [6, 6.07) is 5.73. The highest BCUT2D eigenvalue weighted by Crippen LogP contribution is 2.24. The molecule has 1 saturated carbocycles. The molecule has 1 aliphatic carbocycles. The molecule has 1 aromatic rings. The van der Waals surface area contributed by atoms with Crippen molar-refractivity contribution in [2.75, 3.05) is 0 Å². The highest BCUT2D eigenvalue weighted by atomic mass is 16.5. The Kier molecular flexibility index (Phi) is 4.98. The SMILES string of the molecule is C=COC1CCC(OC(=O)c2ccc(C(=O)O)cc2)CC1. The van der Waals surface area contributed by atoms with Crippen molar-refractivity contribution in [2.24, 2.45) is 0 Å². The Labute approximate surface area is 123 Å². The summed E-state index contributed by atoms with van der Waals surface area (Å²) in [6.07, 6.45) is 4.69. The maximum Gasteiger partial charge on any atom is 0.338 e. The third-order valence-electron chi connectivity index (χ3n) is 3.55. The number of rotatable bonds is 5. The molecule has 0 heterocycles. The predicted octanol–water partition coefficient (Wildman–Crippen LogP) is 3.01. The second kappa shape index (κ2) is 6.92. The molecule has 2 rings (SSSR count). The van der Waals surface area contributed by atoms with Crippen LogP contribution in [-0.2, 0) is 9.47 Å². The number of carbonyl (C=O) groups excluding carboxylic acids is 1. The summed E-state index contributed by atoms with van der Waals surface area (Å²) < 4.78 is 10.8. The Morgan fingerprint density at radius 1 is 1.05 bits per heavy atom. The van der Waals surface area contributed by atoms with Crippen LogP contribution in [-0.4, -0.2) is 29.3 Å². The lowest BCUT2D eigenvalue weighted by Crippen LogP contribution is -2.27. The third kappa shape index (κ3) is 4.08. The summed E-state index contributed by atoms with van der Waals surface area (Å²) in [7, 11) is 0. The fourth-order valence-corrected chi connectivity index (χ4v) is 2.39. The lowest BCUT2D eigenvalue weighted by molar-refractivity contribution is 0.00196. The van der Waals surface area contributed by atoms with E-state index in [-0.39, 0.29) is 17.8 Å². The Morgan fingerprint density at radius 3 is 2.10 bits per heavy atom. The number of carboxylic acids is 1. The van der Waals surface area contributed by atoms with Gasteiger partial charge in [-0.2, -0.15) is 0 Å². The second-order valence-electron chi connectivity index (χ2n) is 4.99. The van der Waals surface area contributed by atoms with Gasteiger partial charge in [0, 0.05) is 0 Å². The van der Waals surface area contributed by atoms with Crippen molar-refractivity contribution in [1.82, 2.24) is 0 Å². The van der Waals surface area contributed by atoms with E-state index in [1.165, 1.54) is 30.5 Å². The molecule has 1 fully saturated rings. The first kappa shape index (κ1) is 15.1. The van der Waals surface area contributed by atoms with Gasteiger partial charge in [-0.05, 0) is 49.9 Å². The monoisotopic (exact) mass is 290 g/mol. The largest absolute Gasteiger partial charge is 0.499 e. The van der Waals surface area contributed by atoms with Gasteiger partial charge in [0.15, 0.2) is 0 Å². The van der Waals surface area contributed by atoms with E-state index >= 15 is 0 Å².